The summed E-state index contributed by atoms with van der Waals surface area (Å²) in [6.45, 7) is 5.80. The number of anilines is 1. The van der Waals surface area contributed by atoms with Crippen LogP contribution in [0.5, 0.6) is 0 Å². The summed E-state index contributed by atoms with van der Waals surface area (Å²) < 4.78 is 2.66. The van der Waals surface area contributed by atoms with Crippen molar-refractivity contribution < 1.29 is 4.79 Å². The molecule has 0 saturated heterocycles. The standard InChI is InChI=1S/C18H17BrN4O/c1-11-8-14(19)9-12(2)17(11)22-18(24)15-10-21-23(13(15)3)16-6-4-5-7-20-16/h4-10H,1-3H3,(H,22,24). The second kappa shape index (κ2) is 6.57. The number of nitrogens with zero attached hydrogens (tertiary/aromatic N) is 3. The van der Waals surface area contributed by atoms with E-state index in [2.05, 4.69) is 31.3 Å². The van der Waals surface area contributed by atoms with Gasteiger partial charge in [0.05, 0.1) is 17.5 Å². The van der Waals surface area contributed by atoms with E-state index in [4.69, 9.17) is 0 Å². The molecule has 0 radical (unpaired) electrons. The minimum Gasteiger partial charge on any atom is -0.321 e. The third kappa shape index (κ3) is 3.10. The number of halogens is 1. The van der Waals surface area contributed by atoms with Crippen molar-refractivity contribution in [1.29, 1.82) is 0 Å². The molecule has 3 aromatic rings. The highest BCUT2D eigenvalue weighted by molar-refractivity contribution is 9.10. The van der Waals surface area contributed by atoms with Gasteiger partial charge < -0.3 is 5.32 Å². The van der Waals surface area contributed by atoms with Crippen LogP contribution in [0.1, 0.15) is 27.2 Å². The third-order valence-corrected chi connectivity index (χ3v) is 4.31. The van der Waals surface area contributed by atoms with Crippen LogP contribution in [0.25, 0.3) is 5.82 Å². The van der Waals surface area contributed by atoms with Crippen LogP contribution in [0.4, 0.5) is 5.69 Å². The van der Waals surface area contributed by atoms with Crippen LogP contribution < -0.4 is 5.32 Å². The van der Waals surface area contributed by atoms with Crippen LogP contribution in [0, 0.1) is 20.8 Å². The van der Waals surface area contributed by atoms with Gasteiger partial charge in [0.1, 0.15) is 0 Å². The monoisotopic (exact) mass is 384 g/mol. The van der Waals surface area contributed by atoms with E-state index in [0.29, 0.717) is 11.4 Å². The highest BCUT2D eigenvalue weighted by Gasteiger charge is 2.17. The molecule has 0 aliphatic heterocycles. The van der Waals surface area contributed by atoms with Crippen molar-refractivity contribution in [3.8, 4) is 5.82 Å². The molecule has 2 aromatic heterocycles. The topological polar surface area (TPSA) is 59.8 Å². The number of rotatable bonds is 3. The predicted molar refractivity (Wildman–Crippen MR) is 97.7 cm³/mol. The van der Waals surface area contributed by atoms with Gasteiger partial charge in [0, 0.05) is 16.4 Å². The molecule has 0 spiro atoms. The zero-order valence-corrected chi connectivity index (χ0v) is 15.3. The van der Waals surface area contributed by atoms with E-state index in [1.165, 1.54) is 0 Å². The van der Waals surface area contributed by atoms with Crippen molar-refractivity contribution >= 4 is 27.5 Å². The van der Waals surface area contributed by atoms with Gasteiger partial charge >= 0.3 is 0 Å². The summed E-state index contributed by atoms with van der Waals surface area (Å²) in [6, 6.07) is 9.54. The molecule has 3 rings (SSSR count). The number of carbonyl (C=O) groups is 1. The molecule has 6 heteroatoms. The molecule has 1 aromatic carbocycles. The molecule has 0 saturated carbocycles. The summed E-state index contributed by atoms with van der Waals surface area (Å²) in [5.41, 5.74) is 4.11. The molecule has 0 atom stereocenters. The largest absolute Gasteiger partial charge is 0.321 e. The summed E-state index contributed by atoms with van der Waals surface area (Å²) in [5, 5.41) is 7.29. The molecule has 0 fully saturated rings. The number of amides is 1. The van der Waals surface area contributed by atoms with Crippen LogP contribution in [-0.2, 0) is 0 Å². The minimum absolute atomic E-state index is 0.178. The first-order chi connectivity index (χ1) is 11.5. The van der Waals surface area contributed by atoms with E-state index in [1.807, 2.05) is 51.1 Å². The number of carbonyl (C=O) groups excluding carboxylic acids is 1. The Kier molecular flexibility index (Phi) is 4.49. The molecule has 0 bridgehead atoms. The van der Waals surface area contributed by atoms with E-state index in [1.54, 1.807) is 17.1 Å². The Labute approximate surface area is 148 Å². The lowest BCUT2D eigenvalue weighted by atomic mass is 10.1. The maximum Gasteiger partial charge on any atom is 0.259 e. The summed E-state index contributed by atoms with van der Waals surface area (Å²) >= 11 is 3.47. The second-order valence-corrected chi connectivity index (χ2v) is 6.53. The van der Waals surface area contributed by atoms with Gasteiger partial charge in [0.15, 0.2) is 5.82 Å². The zero-order chi connectivity index (χ0) is 17.3. The molecule has 0 aliphatic carbocycles. The van der Waals surface area contributed by atoms with Crippen molar-refractivity contribution in [3.05, 3.63) is 69.6 Å². The number of aryl methyl sites for hydroxylation is 2. The smallest absolute Gasteiger partial charge is 0.259 e. The maximum atomic E-state index is 12.7. The Morgan fingerprint density at radius 3 is 2.50 bits per heavy atom. The summed E-state index contributed by atoms with van der Waals surface area (Å²) in [4.78, 5) is 16.9. The summed E-state index contributed by atoms with van der Waals surface area (Å²) in [6.07, 6.45) is 3.27. The Bertz CT molecular complexity index is 880. The van der Waals surface area contributed by atoms with Crippen molar-refractivity contribution in [2.75, 3.05) is 5.32 Å². The molecule has 2 heterocycles. The van der Waals surface area contributed by atoms with Gasteiger partial charge in [0.25, 0.3) is 5.91 Å². The van der Waals surface area contributed by atoms with Crippen LogP contribution in [0.2, 0.25) is 0 Å². The first kappa shape index (κ1) is 16.4. The lowest BCUT2D eigenvalue weighted by Gasteiger charge is -2.12. The maximum absolute atomic E-state index is 12.7. The molecule has 1 N–H and O–H groups in total. The number of hydrogen-bond acceptors (Lipinski definition) is 3. The van der Waals surface area contributed by atoms with Gasteiger partial charge in [-0.2, -0.15) is 5.10 Å². The molecule has 1 amide bonds. The van der Waals surface area contributed by atoms with Crippen molar-refractivity contribution in [1.82, 2.24) is 14.8 Å². The normalized spacial score (nSPS) is 10.7. The number of hydrogen-bond donors (Lipinski definition) is 1. The number of aromatic nitrogens is 3. The van der Waals surface area contributed by atoms with Crippen molar-refractivity contribution in [2.45, 2.75) is 20.8 Å². The number of nitrogens with one attached hydrogen (secondary N) is 1. The summed E-state index contributed by atoms with van der Waals surface area (Å²) in [7, 11) is 0. The van der Waals surface area contributed by atoms with Crippen molar-refractivity contribution in [2.24, 2.45) is 0 Å². The van der Waals surface area contributed by atoms with E-state index >= 15 is 0 Å². The fourth-order valence-electron chi connectivity index (χ4n) is 2.63. The van der Waals surface area contributed by atoms with Crippen LogP contribution >= 0.6 is 15.9 Å². The SMILES string of the molecule is Cc1cc(Br)cc(C)c1NC(=O)c1cnn(-c2ccccn2)c1C. The first-order valence-electron chi connectivity index (χ1n) is 7.51. The van der Waals surface area contributed by atoms with Crippen LogP contribution in [-0.4, -0.2) is 20.7 Å². The third-order valence-electron chi connectivity index (χ3n) is 3.86. The average Bonchev–Trinajstić information content (AvgIpc) is 2.93. The first-order valence-corrected chi connectivity index (χ1v) is 8.31. The quantitative estimate of drug-likeness (QED) is 0.735. The summed E-state index contributed by atoms with van der Waals surface area (Å²) in [5.74, 6) is 0.508. The van der Waals surface area contributed by atoms with Gasteiger partial charge in [-0.3, -0.25) is 4.79 Å². The Hall–Kier alpha value is -2.47. The highest BCUT2D eigenvalue weighted by Crippen LogP contribution is 2.26. The fourth-order valence-corrected chi connectivity index (χ4v) is 3.32. The van der Waals surface area contributed by atoms with E-state index < -0.39 is 0 Å². The molecule has 24 heavy (non-hydrogen) atoms. The number of benzene rings is 1. The molecule has 0 unspecified atom stereocenters. The van der Waals surface area contributed by atoms with Gasteiger partial charge in [-0.25, -0.2) is 9.67 Å². The lowest BCUT2D eigenvalue weighted by molar-refractivity contribution is 0.102. The van der Waals surface area contributed by atoms with Crippen LogP contribution in [0.15, 0.2) is 47.2 Å². The minimum atomic E-state index is -0.178. The van der Waals surface area contributed by atoms with Crippen LogP contribution in [0.3, 0.4) is 0 Å². The number of pyridine rings is 1. The fraction of sp³-hybridized carbons (Fsp3) is 0.167. The van der Waals surface area contributed by atoms with E-state index in [-0.39, 0.29) is 5.91 Å². The van der Waals surface area contributed by atoms with Crippen molar-refractivity contribution in [3.63, 3.8) is 0 Å². The highest BCUT2D eigenvalue weighted by atomic mass is 79.9. The Morgan fingerprint density at radius 2 is 1.88 bits per heavy atom. The van der Waals surface area contributed by atoms with Gasteiger partial charge in [-0.15, -0.1) is 0 Å². The molecule has 5 nitrogen and oxygen atoms in total. The molecule has 122 valence electrons. The average molecular weight is 385 g/mol. The molecule has 0 aliphatic rings. The predicted octanol–water partition coefficient (Wildman–Crippen LogP) is 4.21. The van der Waals surface area contributed by atoms with Gasteiger partial charge in [-0.1, -0.05) is 22.0 Å². The van der Waals surface area contributed by atoms with E-state index in [0.717, 1.165) is 27.0 Å². The zero-order valence-electron chi connectivity index (χ0n) is 13.7. The van der Waals surface area contributed by atoms with E-state index in [9.17, 15) is 4.79 Å². The Balaban J connectivity index is 1.91. The molecular formula is C18H17BrN4O. The molecular weight excluding hydrogens is 368 g/mol. The Morgan fingerprint density at radius 1 is 1.17 bits per heavy atom. The van der Waals surface area contributed by atoms with Gasteiger partial charge in [-0.05, 0) is 56.2 Å². The van der Waals surface area contributed by atoms with Gasteiger partial charge in [0.2, 0.25) is 0 Å². The second-order valence-electron chi connectivity index (χ2n) is 5.61. The lowest BCUT2D eigenvalue weighted by Crippen LogP contribution is -2.15.